The largest absolute Gasteiger partial charge is 0.356 e. The van der Waals surface area contributed by atoms with E-state index in [4.69, 9.17) is 5.73 Å². The van der Waals surface area contributed by atoms with Gasteiger partial charge in [0.05, 0.1) is 0 Å². The first-order valence-corrected chi connectivity index (χ1v) is 7.40. The topological polar surface area (TPSA) is 55.1 Å². The molecular weight excluding hydrogens is 224 g/mol. The highest BCUT2D eigenvalue weighted by molar-refractivity contribution is 5.76. The molecule has 0 aromatic carbocycles. The number of amides is 1. The van der Waals surface area contributed by atoms with E-state index in [1.807, 2.05) is 0 Å². The first-order chi connectivity index (χ1) is 8.43. The maximum atomic E-state index is 11.8. The molecule has 0 aromatic rings. The summed E-state index contributed by atoms with van der Waals surface area (Å²) in [5.74, 6) is 1.55. The molecule has 1 rings (SSSR count). The first-order valence-electron chi connectivity index (χ1n) is 7.40. The highest BCUT2D eigenvalue weighted by Gasteiger charge is 2.32. The van der Waals surface area contributed by atoms with E-state index in [1.165, 1.54) is 19.3 Å². The van der Waals surface area contributed by atoms with E-state index in [0.29, 0.717) is 24.3 Å². The second-order valence-corrected chi connectivity index (χ2v) is 6.83. The number of hydrogen-bond donors (Lipinski definition) is 2. The number of nitrogens with one attached hydrogen (secondary N) is 1. The van der Waals surface area contributed by atoms with Crippen molar-refractivity contribution in [1.29, 1.82) is 0 Å². The third kappa shape index (κ3) is 5.85. The standard InChI is InChI=1S/C15H30N2O/c1-12-8-13(11-15(2,3)10-12)9-14(18)17-7-5-4-6-16/h12-13H,4-11,16H2,1-3H3,(H,17,18). The smallest absolute Gasteiger partial charge is 0.220 e. The average Bonchev–Trinajstić information content (AvgIpc) is 2.21. The molecule has 1 saturated carbocycles. The van der Waals surface area contributed by atoms with Gasteiger partial charge < -0.3 is 11.1 Å². The Morgan fingerprint density at radius 1 is 1.33 bits per heavy atom. The van der Waals surface area contributed by atoms with Gasteiger partial charge in [-0.2, -0.15) is 0 Å². The van der Waals surface area contributed by atoms with Crippen molar-refractivity contribution in [2.45, 2.75) is 59.3 Å². The Kier molecular flexibility index (Phi) is 6.13. The maximum absolute atomic E-state index is 11.8. The van der Waals surface area contributed by atoms with E-state index in [-0.39, 0.29) is 5.91 Å². The van der Waals surface area contributed by atoms with Crippen LogP contribution in [0.5, 0.6) is 0 Å². The van der Waals surface area contributed by atoms with Crippen LogP contribution in [0.25, 0.3) is 0 Å². The summed E-state index contributed by atoms with van der Waals surface area (Å²) in [5, 5.41) is 3.01. The molecule has 3 nitrogen and oxygen atoms in total. The number of nitrogens with two attached hydrogens (primary N) is 1. The summed E-state index contributed by atoms with van der Waals surface area (Å²) >= 11 is 0. The number of carbonyl (C=O) groups excluding carboxylic acids is 1. The van der Waals surface area contributed by atoms with Gasteiger partial charge in [0, 0.05) is 13.0 Å². The first kappa shape index (κ1) is 15.5. The molecule has 3 heteroatoms. The lowest BCUT2D eigenvalue weighted by molar-refractivity contribution is -0.122. The molecule has 3 N–H and O–H groups in total. The molecule has 0 radical (unpaired) electrons. The van der Waals surface area contributed by atoms with Gasteiger partial charge in [0.1, 0.15) is 0 Å². The van der Waals surface area contributed by atoms with Gasteiger partial charge in [-0.3, -0.25) is 4.79 Å². The van der Waals surface area contributed by atoms with Crippen LogP contribution in [0.1, 0.15) is 59.3 Å². The fraction of sp³-hybridized carbons (Fsp3) is 0.933. The normalized spacial score (nSPS) is 26.9. The number of unbranched alkanes of at least 4 members (excludes halogenated alkanes) is 1. The Morgan fingerprint density at radius 2 is 2.06 bits per heavy atom. The number of hydrogen-bond acceptors (Lipinski definition) is 2. The van der Waals surface area contributed by atoms with Gasteiger partial charge in [0.15, 0.2) is 0 Å². The van der Waals surface area contributed by atoms with Gasteiger partial charge in [-0.1, -0.05) is 20.8 Å². The number of carbonyl (C=O) groups is 1. The molecule has 1 amide bonds. The second-order valence-electron chi connectivity index (χ2n) is 6.83. The quantitative estimate of drug-likeness (QED) is 0.716. The summed E-state index contributed by atoms with van der Waals surface area (Å²) < 4.78 is 0. The van der Waals surface area contributed by atoms with Crippen LogP contribution in [-0.2, 0) is 4.79 Å². The molecule has 18 heavy (non-hydrogen) atoms. The fourth-order valence-electron chi connectivity index (χ4n) is 3.53. The Labute approximate surface area is 112 Å². The molecule has 0 aromatic heterocycles. The lowest BCUT2D eigenvalue weighted by atomic mass is 9.67. The van der Waals surface area contributed by atoms with Gasteiger partial charge in [0.25, 0.3) is 0 Å². The SMILES string of the molecule is CC1CC(CC(=O)NCCCCN)CC(C)(C)C1. The van der Waals surface area contributed by atoms with Crippen LogP contribution in [-0.4, -0.2) is 19.0 Å². The Morgan fingerprint density at radius 3 is 2.67 bits per heavy atom. The minimum Gasteiger partial charge on any atom is -0.356 e. The molecule has 0 heterocycles. The van der Waals surface area contributed by atoms with E-state index in [1.54, 1.807) is 0 Å². The monoisotopic (exact) mass is 254 g/mol. The molecule has 0 spiro atoms. The lowest BCUT2D eigenvalue weighted by Crippen LogP contribution is -2.32. The average molecular weight is 254 g/mol. The van der Waals surface area contributed by atoms with Gasteiger partial charge in [-0.25, -0.2) is 0 Å². The van der Waals surface area contributed by atoms with Gasteiger partial charge in [-0.15, -0.1) is 0 Å². The van der Waals surface area contributed by atoms with Crippen molar-refractivity contribution in [3.05, 3.63) is 0 Å². The molecule has 2 unspecified atom stereocenters. The predicted molar refractivity (Wildman–Crippen MR) is 76.2 cm³/mol. The zero-order chi connectivity index (χ0) is 13.6. The van der Waals surface area contributed by atoms with Crippen LogP contribution in [0.3, 0.4) is 0 Å². The van der Waals surface area contributed by atoms with Crippen molar-refractivity contribution in [1.82, 2.24) is 5.32 Å². The van der Waals surface area contributed by atoms with Crippen molar-refractivity contribution >= 4 is 5.91 Å². The molecule has 2 atom stereocenters. The van der Waals surface area contributed by atoms with Crippen LogP contribution >= 0.6 is 0 Å². The maximum Gasteiger partial charge on any atom is 0.220 e. The van der Waals surface area contributed by atoms with Crippen molar-refractivity contribution in [3.8, 4) is 0 Å². The van der Waals surface area contributed by atoms with Gasteiger partial charge >= 0.3 is 0 Å². The van der Waals surface area contributed by atoms with Crippen molar-refractivity contribution in [3.63, 3.8) is 0 Å². The Balaban J connectivity index is 2.26. The van der Waals surface area contributed by atoms with Crippen LogP contribution in [0.4, 0.5) is 0 Å². The molecule has 1 aliphatic rings. The summed E-state index contributed by atoms with van der Waals surface area (Å²) in [6.07, 6.45) is 6.38. The lowest BCUT2D eigenvalue weighted by Gasteiger charge is -2.38. The molecule has 0 bridgehead atoms. The minimum absolute atomic E-state index is 0.224. The number of rotatable bonds is 6. The molecule has 1 aliphatic carbocycles. The summed E-state index contributed by atoms with van der Waals surface area (Å²) in [6.45, 7) is 8.46. The second kappa shape index (κ2) is 7.13. The molecular formula is C15H30N2O. The Hall–Kier alpha value is -0.570. The van der Waals surface area contributed by atoms with E-state index in [0.717, 1.165) is 25.3 Å². The highest BCUT2D eigenvalue weighted by Crippen LogP contribution is 2.42. The van der Waals surface area contributed by atoms with E-state index in [9.17, 15) is 4.79 Å². The Bertz CT molecular complexity index is 263. The van der Waals surface area contributed by atoms with E-state index < -0.39 is 0 Å². The highest BCUT2D eigenvalue weighted by atomic mass is 16.1. The fourth-order valence-corrected chi connectivity index (χ4v) is 3.53. The van der Waals surface area contributed by atoms with Crippen molar-refractivity contribution in [2.24, 2.45) is 23.0 Å². The summed E-state index contributed by atoms with van der Waals surface area (Å²) in [5.41, 5.74) is 5.83. The van der Waals surface area contributed by atoms with Crippen LogP contribution < -0.4 is 11.1 Å². The van der Waals surface area contributed by atoms with E-state index in [2.05, 4.69) is 26.1 Å². The third-order valence-corrected chi connectivity index (χ3v) is 3.91. The van der Waals surface area contributed by atoms with Crippen LogP contribution in [0.2, 0.25) is 0 Å². The van der Waals surface area contributed by atoms with Gasteiger partial charge in [0.2, 0.25) is 5.91 Å². The van der Waals surface area contributed by atoms with Crippen molar-refractivity contribution < 1.29 is 4.79 Å². The van der Waals surface area contributed by atoms with Crippen molar-refractivity contribution in [2.75, 3.05) is 13.1 Å². The zero-order valence-electron chi connectivity index (χ0n) is 12.3. The third-order valence-electron chi connectivity index (χ3n) is 3.91. The zero-order valence-corrected chi connectivity index (χ0v) is 12.3. The van der Waals surface area contributed by atoms with Crippen LogP contribution in [0.15, 0.2) is 0 Å². The van der Waals surface area contributed by atoms with Gasteiger partial charge in [-0.05, 0) is 55.9 Å². The molecule has 0 aliphatic heterocycles. The van der Waals surface area contributed by atoms with Crippen LogP contribution in [0, 0.1) is 17.3 Å². The molecule has 106 valence electrons. The predicted octanol–water partition coefficient (Wildman–Crippen LogP) is 2.69. The molecule has 1 fully saturated rings. The summed E-state index contributed by atoms with van der Waals surface area (Å²) in [7, 11) is 0. The van der Waals surface area contributed by atoms with E-state index >= 15 is 0 Å². The molecule has 0 saturated heterocycles. The summed E-state index contributed by atoms with van der Waals surface area (Å²) in [4.78, 5) is 11.8. The summed E-state index contributed by atoms with van der Waals surface area (Å²) in [6, 6.07) is 0. The minimum atomic E-state index is 0.224.